The maximum atomic E-state index is 12.6. The highest BCUT2D eigenvalue weighted by Crippen LogP contribution is 2.15. The first-order valence-corrected chi connectivity index (χ1v) is 8.46. The fraction of sp³-hybridized carbons (Fsp3) is 0.667. The molecule has 0 aromatic carbocycles. The molecule has 0 saturated carbocycles. The highest BCUT2D eigenvalue weighted by molar-refractivity contribution is 5.92. The van der Waals surface area contributed by atoms with Crippen molar-refractivity contribution in [3.63, 3.8) is 0 Å². The van der Waals surface area contributed by atoms with Crippen LogP contribution in [-0.2, 0) is 19.0 Å². The Kier molecular flexibility index (Phi) is 8.80. The Morgan fingerprint density at radius 1 is 1.11 bits per heavy atom. The summed E-state index contributed by atoms with van der Waals surface area (Å²) in [6.45, 7) is 11.7. The van der Waals surface area contributed by atoms with Crippen molar-refractivity contribution in [2.45, 2.75) is 72.1 Å². The van der Waals surface area contributed by atoms with E-state index in [2.05, 4.69) is 10.2 Å². The summed E-state index contributed by atoms with van der Waals surface area (Å²) >= 11 is 0. The van der Waals surface area contributed by atoms with E-state index in [1.165, 1.54) is 6.08 Å². The zero-order valence-electron chi connectivity index (χ0n) is 17.2. The molecule has 1 N–H and O–H groups in total. The first-order chi connectivity index (χ1) is 12.2. The number of ether oxygens (including phenoxy) is 3. The van der Waals surface area contributed by atoms with Gasteiger partial charge in [0, 0.05) is 0 Å². The smallest absolute Gasteiger partial charge is 0.429 e. The van der Waals surface area contributed by atoms with E-state index in [1.807, 2.05) is 0 Å². The first kappa shape index (κ1) is 24.2. The van der Waals surface area contributed by atoms with Crippen LogP contribution in [0.1, 0.15) is 54.9 Å². The van der Waals surface area contributed by atoms with E-state index in [1.54, 1.807) is 54.5 Å². The van der Waals surface area contributed by atoms with E-state index in [0.717, 1.165) is 12.1 Å². The van der Waals surface area contributed by atoms with Gasteiger partial charge in [-0.05, 0) is 54.0 Å². The van der Waals surface area contributed by atoms with Crippen molar-refractivity contribution < 1.29 is 28.6 Å². The molecule has 0 aliphatic rings. The summed E-state index contributed by atoms with van der Waals surface area (Å²) in [6, 6.07) is 0.869. The Bertz CT molecular complexity index is 622. The Labute approximate surface area is 160 Å². The first-order valence-electron chi connectivity index (χ1n) is 8.46. The molecule has 0 radical (unpaired) electrons. The van der Waals surface area contributed by atoms with Gasteiger partial charge in [-0.2, -0.15) is 5.26 Å². The minimum absolute atomic E-state index is 0.275. The maximum Gasteiger partial charge on any atom is 0.429 e. The van der Waals surface area contributed by atoms with Gasteiger partial charge < -0.3 is 14.2 Å². The molecule has 27 heavy (non-hydrogen) atoms. The summed E-state index contributed by atoms with van der Waals surface area (Å²) in [5.74, 6) is -0.850. The van der Waals surface area contributed by atoms with E-state index in [0.29, 0.717) is 0 Å². The third kappa shape index (κ3) is 9.49. The van der Waals surface area contributed by atoms with Crippen LogP contribution in [0.15, 0.2) is 11.6 Å². The Morgan fingerprint density at radius 3 is 2.00 bits per heavy atom. The quantitative estimate of drug-likeness (QED) is 0.260. The van der Waals surface area contributed by atoms with Gasteiger partial charge in [0.25, 0.3) is 0 Å². The van der Waals surface area contributed by atoms with Gasteiger partial charge >= 0.3 is 18.2 Å². The molecule has 9 heteroatoms. The highest BCUT2D eigenvalue weighted by atomic mass is 16.6. The van der Waals surface area contributed by atoms with Crippen molar-refractivity contribution >= 4 is 18.2 Å². The predicted octanol–water partition coefficient (Wildman–Crippen LogP) is 3.06. The lowest BCUT2D eigenvalue weighted by Crippen LogP contribution is -2.54. The van der Waals surface area contributed by atoms with Gasteiger partial charge in [0.05, 0.1) is 13.2 Å². The van der Waals surface area contributed by atoms with Crippen LogP contribution in [0.5, 0.6) is 0 Å². The molecule has 0 saturated heterocycles. The van der Waals surface area contributed by atoms with Crippen LogP contribution >= 0.6 is 0 Å². The van der Waals surface area contributed by atoms with Crippen LogP contribution in [0, 0.1) is 11.3 Å². The number of methoxy groups -OCH3 is 1. The lowest BCUT2D eigenvalue weighted by Gasteiger charge is -2.32. The largest absolute Gasteiger partial charge is 0.465 e. The molecule has 1 unspecified atom stereocenters. The van der Waals surface area contributed by atoms with Gasteiger partial charge in [0.15, 0.2) is 0 Å². The predicted molar refractivity (Wildman–Crippen MR) is 97.2 cm³/mol. The average Bonchev–Trinajstić information content (AvgIpc) is 2.50. The molecule has 0 rings (SSSR count). The number of hydrazine groups is 1. The zero-order chi connectivity index (χ0) is 21.4. The Balaban J connectivity index is 5.80. The molecular formula is C18H29N3O6. The summed E-state index contributed by atoms with van der Waals surface area (Å²) in [4.78, 5) is 36.4. The summed E-state index contributed by atoms with van der Waals surface area (Å²) < 4.78 is 15.0. The second-order valence-electron chi connectivity index (χ2n) is 7.62. The molecule has 152 valence electrons. The molecule has 0 aliphatic carbocycles. The minimum Gasteiger partial charge on any atom is -0.465 e. The molecule has 0 fully saturated rings. The summed E-state index contributed by atoms with van der Waals surface area (Å²) in [7, 11) is 1.14. The SMILES string of the molecule is CCC(/C=C(/C#N)C(=O)OC)N(NC(=O)OC(C)(C)C)C(=O)OC(C)(C)C. The van der Waals surface area contributed by atoms with Gasteiger partial charge in [-0.1, -0.05) is 6.92 Å². The number of amides is 2. The molecule has 0 aromatic rings. The van der Waals surface area contributed by atoms with Crippen molar-refractivity contribution in [1.82, 2.24) is 10.4 Å². The summed E-state index contributed by atoms with van der Waals surface area (Å²) in [5.41, 5.74) is 0.410. The molecule has 9 nitrogen and oxygen atoms in total. The van der Waals surface area contributed by atoms with Crippen molar-refractivity contribution in [2.24, 2.45) is 0 Å². The maximum absolute atomic E-state index is 12.6. The molecule has 0 aliphatic heterocycles. The van der Waals surface area contributed by atoms with Crippen LogP contribution in [0.25, 0.3) is 0 Å². The lowest BCUT2D eigenvalue weighted by atomic mass is 10.1. The monoisotopic (exact) mass is 383 g/mol. The number of hydrogen-bond acceptors (Lipinski definition) is 7. The second kappa shape index (κ2) is 9.80. The zero-order valence-corrected chi connectivity index (χ0v) is 17.2. The number of carbonyl (C=O) groups excluding carboxylic acids is 3. The number of esters is 1. The van der Waals surface area contributed by atoms with E-state index < -0.39 is 35.4 Å². The van der Waals surface area contributed by atoms with Gasteiger partial charge in [-0.3, -0.25) is 0 Å². The molecule has 0 spiro atoms. The van der Waals surface area contributed by atoms with Gasteiger partial charge in [-0.25, -0.2) is 24.8 Å². The van der Waals surface area contributed by atoms with E-state index in [9.17, 15) is 14.4 Å². The molecular weight excluding hydrogens is 354 g/mol. The molecule has 1 atom stereocenters. The van der Waals surface area contributed by atoms with E-state index in [-0.39, 0.29) is 12.0 Å². The number of carbonyl (C=O) groups is 3. The van der Waals surface area contributed by atoms with Crippen LogP contribution in [-0.4, -0.2) is 47.5 Å². The molecule has 0 heterocycles. The fourth-order valence-corrected chi connectivity index (χ4v) is 1.80. The van der Waals surface area contributed by atoms with Gasteiger partial charge in [0.2, 0.25) is 0 Å². The third-order valence-electron chi connectivity index (χ3n) is 2.84. The lowest BCUT2D eigenvalue weighted by molar-refractivity contribution is -0.135. The third-order valence-corrected chi connectivity index (χ3v) is 2.84. The number of nitrogens with one attached hydrogen (secondary N) is 1. The van der Waals surface area contributed by atoms with E-state index in [4.69, 9.17) is 14.7 Å². The number of hydrogen-bond donors (Lipinski definition) is 1. The second-order valence-corrected chi connectivity index (χ2v) is 7.62. The standard InChI is InChI=1S/C18H29N3O6/c1-9-13(10-12(11-19)14(22)25-8)21(16(24)27-18(5,6)7)20-15(23)26-17(2,3)4/h10,13H,9H2,1-8H3,(H,20,23)/b12-10-. The normalized spacial score (nSPS) is 13.1. The number of nitrogens with zero attached hydrogens (tertiary/aromatic N) is 2. The minimum atomic E-state index is -0.878. The van der Waals surface area contributed by atoms with E-state index >= 15 is 0 Å². The van der Waals surface area contributed by atoms with Gasteiger partial charge in [0.1, 0.15) is 22.8 Å². The summed E-state index contributed by atoms with van der Waals surface area (Å²) in [6.07, 6.45) is -0.236. The van der Waals surface area contributed by atoms with Crippen molar-refractivity contribution in [2.75, 3.05) is 7.11 Å². The van der Waals surface area contributed by atoms with Crippen LogP contribution in [0.4, 0.5) is 9.59 Å². The highest BCUT2D eigenvalue weighted by Gasteiger charge is 2.30. The van der Waals surface area contributed by atoms with Gasteiger partial charge in [-0.15, -0.1) is 0 Å². The fourth-order valence-electron chi connectivity index (χ4n) is 1.80. The molecule has 0 aromatic heterocycles. The van der Waals surface area contributed by atoms with Crippen molar-refractivity contribution in [1.29, 1.82) is 5.26 Å². The van der Waals surface area contributed by atoms with Crippen LogP contribution in [0.3, 0.4) is 0 Å². The number of rotatable bonds is 4. The summed E-state index contributed by atoms with van der Waals surface area (Å²) in [5, 5.41) is 10.0. The van der Waals surface area contributed by atoms with Crippen LogP contribution < -0.4 is 5.43 Å². The Hall–Kier alpha value is -2.76. The Morgan fingerprint density at radius 2 is 1.63 bits per heavy atom. The van der Waals surface area contributed by atoms with Crippen molar-refractivity contribution in [3.8, 4) is 6.07 Å². The molecule has 0 bridgehead atoms. The van der Waals surface area contributed by atoms with Crippen molar-refractivity contribution in [3.05, 3.63) is 11.6 Å². The van der Waals surface area contributed by atoms with Crippen LogP contribution in [0.2, 0.25) is 0 Å². The average molecular weight is 383 g/mol. The molecule has 2 amide bonds. The topological polar surface area (TPSA) is 118 Å². The number of nitriles is 1.